The minimum Gasteiger partial charge on any atom is -0.298 e. The summed E-state index contributed by atoms with van der Waals surface area (Å²) in [5.74, 6) is 0.291. The fourth-order valence-electron chi connectivity index (χ4n) is 2.90. The van der Waals surface area contributed by atoms with Crippen LogP contribution in [0.15, 0.2) is 40.1 Å². The molecule has 1 aromatic heterocycles. The first-order valence-corrected chi connectivity index (χ1v) is 7.10. The van der Waals surface area contributed by atoms with Crippen LogP contribution < -0.4 is 11.2 Å². The van der Waals surface area contributed by atoms with Gasteiger partial charge in [-0.25, -0.2) is 4.79 Å². The number of benzene rings is 1. The SMILES string of the molecule is O=c1[nH]c(=O)n(CC2CCCc3ccccc32)cc1Cl. The second-order valence-electron chi connectivity index (χ2n) is 5.18. The van der Waals surface area contributed by atoms with Gasteiger partial charge in [-0.15, -0.1) is 0 Å². The summed E-state index contributed by atoms with van der Waals surface area (Å²) in [6.07, 6.45) is 4.68. The van der Waals surface area contributed by atoms with Crippen molar-refractivity contribution in [1.29, 1.82) is 0 Å². The van der Waals surface area contributed by atoms with Crippen LogP contribution in [0.3, 0.4) is 0 Å². The lowest BCUT2D eigenvalue weighted by Crippen LogP contribution is -2.31. The Morgan fingerprint density at radius 3 is 2.95 bits per heavy atom. The van der Waals surface area contributed by atoms with E-state index in [2.05, 4.69) is 17.1 Å². The number of halogens is 1. The summed E-state index contributed by atoms with van der Waals surface area (Å²) < 4.78 is 1.50. The molecular formula is C15H15ClN2O2. The van der Waals surface area contributed by atoms with Crippen LogP contribution in [0.1, 0.15) is 29.9 Å². The molecule has 20 heavy (non-hydrogen) atoms. The van der Waals surface area contributed by atoms with E-state index in [-0.39, 0.29) is 5.02 Å². The summed E-state index contributed by atoms with van der Waals surface area (Å²) in [6, 6.07) is 8.34. The average molecular weight is 291 g/mol. The topological polar surface area (TPSA) is 54.9 Å². The largest absolute Gasteiger partial charge is 0.328 e. The molecule has 1 aromatic carbocycles. The molecule has 0 saturated heterocycles. The quantitative estimate of drug-likeness (QED) is 0.923. The molecule has 0 spiro atoms. The molecular weight excluding hydrogens is 276 g/mol. The maximum atomic E-state index is 11.8. The highest BCUT2D eigenvalue weighted by Crippen LogP contribution is 2.32. The number of rotatable bonds is 2. The summed E-state index contributed by atoms with van der Waals surface area (Å²) >= 11 is 5.80. The van der Waals surface area contributed by atoms with E-state index in [1.165, 1.54) is 21.9 Å². The number of hydrogen-bond donors (Lipinski definition) is 1. The molecule has 1 atom stereocenters. The van der Waals surface area contributed by atoms with Crippen LogP contribution in [0.5, 0.6) is 0 Å². The molecule has 1 N–H and O–H groups in total. The first-order valence-electron chi connectivity index (χ1n) is 6.72. The Labute approximate surface area is 121 Å². The molecule has 0 saturated carbocycles. The molecule has 1 aliphatic rings. The molecule has 3 rings (SSSR count). The maximum Gasteiger partial charge on any atom is 0.328 e. The van der Waals surface area contributed by atoms with Gasteiger partial charge in [-0.3, -0.25) is 14.3 Å². The highest BCUT2D eigenvalue weighted by atomic mass is 35.5. The highest BCUT2D eigenvalue weighted by molar-refractivity contribution is 6.30. The zero-order valence-electron chi connectivity index (χ0n) is 10.9. The summed E-state index contributed by atoms with van der Waals surface area (Å²) in [7, 11) is 0. The lowest BCUT2D eigenvalue weighted by molar-refractivity contribution is 0.470. The van der Waals surface area contributed by atoms with Gasteiger partial charge in [0.15, 0.2) is 0 Å². The number of nitrogens with zero attached hydrogens (tertiary/aromatic N) is 1. The number of aromatic amines is 1. The smallest absolute Gasteiger partial charge is 0.298 e. The first kappa shape index (κ1) is 13.2. The predicted molar refractivity (Wildman–Crippen MR) is 78.5 cm³/mol. The first-order chi connectivity index (χ1) is 9.65. The number of H-pyrrole nitrogens is 1. The lowest BCUT2D eigenvalue weighted by Gasteiger charge is -2.25. The zero-order valence-corrected chi connectivity index (χ0v) is 11.7. The third-order valence-electron chi connectivity index (χ3n) is 3.88. The molecule has 0 amide bonds. The van der Waals surface area contributed by atoms with E-state index in [0.717, 1.165) is 19.3 Å². The van der Waals surface area contributed by atoms with E-state index < -0.39 is 11.2 Å². The average Bonchev–Trinajstić information content (AvgIpc) is 2.45. The van der Waals surface area contributed by atoms with Gasteiger partial charge in [0, 0.05) is 18.7 Å². The Hall–Kier alpha value is -1.81. The van der Waals surface area contributed by atoms with Gasteiger partial charge in [0.25, 0.3) is 5.56 Å². The molecule has 5 heteroatoms. The van der Waals surface area contributed by atoms with Crippen molar-refractivity contribution in [3.05, 3.63) is 67.4 Å². The Bertz CT molecular complexity index is 748. The van der Waals surface area contributed by atoms with Gasteiger partial charge < -0.3 is 0 Å². The normalized spacial score (nSPS) is 17.8. The summed E-state index contributed by atoms with van der Waals surface area (Å²) in [4.78, 5) is 25.3. The number of nitrogens with one attached hydrogen (secondary N) is 1. The van der Waals surface area contributed by atoms with Crippen LogP contribution in [0.4, 0.5) is 0 Å². The van der Waals surface area contributed by atoms with Crippen molar-refractivity contribution in [1.82, 2.24) is 9.55 Å². The van der Waals surface area contributed by atoms with E-state index in [1.807, 2.05) is 12.1 Å². The predicted octanol–water partition coefficient (Wildman–Crippen LogP) is 2.31. The van der Waals surface area contributed by atoms with Crippen molar-refractivity contribution in [3.63, 3.8) is 0 Å². The fourth-order valence-corrected chi connectivity index (χ4v) is 3.06. The number of aryl methyl sites for hydroxylation is 1. The number of aromatic nitrogens is 2. The van der Waals surface area contributed by atoms with Crippen LogP contribution in [0.2, 0.25) is 5.02 Å². The molecule has 0 bridgehead atoms. The molecule has 1 aliphatic carbocycles. The van der Waals surface area contributed by atoms with Crippen molar-refractivity contribution in [2.75, 3.05) is 0 Å². The van der Waals surface area contributed by atoms with Gasteiger partial charge >= 0.3 is 5.69 Å². The van der Waals surface area contributed by atoms with E-state index in [0.29, 0.717) is 12.5 Å². The van der Waals surface area contributed by atoms with Gasteiger partial charge in [0.05, 0.1) is 0 Å². The maximum absolute atomic E-state index is 11.8. The minimum absolute atomic E-state index is 0.0497. The Morgan fingerprint density at radius 2 is 2.10 bits per heavy atom. The summed E-state index contributed by atoms with van der Waals surface area (Å²) in [6.45, 7) is 0.548. The van der Waals surface area contributed by atoms with E-state index in [4.69, 9.17) is 11.6 Å². The third kappa shape index (κ3) is 2.43. The molecule has 1 heterocycles. The Kier molecular flexibility index (Phi) is 3.49. The van der Waals surface area contributed by atoms with Gasteiger partial charge in [-0.1, -0.05) is 35.9 Å². The van der Waals surface area contributed by atoms with Crippen molar-refractivity contribution in [2.45, 2.75) is 31.7 Å². The summed E-state index contributed by atoms with van der Waals surface area (Å²) in [5.41, 5.74) is 1.72. The van der Waals surface area contributed by atoms with E-state index in [1.54, 1.807) is 0 Å². The zero-order chi connectivity index (χ0) is 14.1. The van der Waals surface area contributed by atoms with Gasteiger partial charge in [0.2, 0.25) is 0 Å². The number of fused-ring (bicyclic) bond motifs is 1. The molecule has 104 valence electrons. The molecule has 2 aromatic rings. The van der Waals surface area contributed by atoms with Crippen molar-refractivity contribution < 1.29 is 0 Å². The second-order valence-corrected chi connectivity index (χ2v) is 5.58. The monoisotopic (exact) mass is 290 g/mol. The fraction of sp³-hybridized carbons (Fsp3) is 0.333. The van der Waals surface area contributed by atoms with Crippen molar-refractivity contribution in [3.8, 4) is 0 Å². The van der Waals surface area contributed by atoms with Crippen molar-refractivity contribution in [2.24, 2.45) is 0 Å². The van der Waals surface area contributed by atoms with Crippen LogP contribution in [0.25, 0.3) is 0 Å². The minimum atomic E-state index is -0.531. The highest BCUT2D eigenvalue weighted by Gasteiger charge is 2.20. The van der Waals surface area contributed by atoms with Crippen LogP contribution in [0, 0.1) is 0 Å². The molecule has 0 radical (unpaired) electrons. The van der Waals surface area contributed by atoms with Gasteiger partial charge in [0.1, 0.15) is 5.02 Å². The van der Waals surface area contributed by atoms with Crippen molar-refractivity contribution >= 4 is 11.6 Å². The molecule has 0 fully saturated rings. The standard InChI is InChI=1S/C15H15ClN2O2/c16-13-9-18(15(20)17-14(13)19)8-11-6-3-5-10-4-1-2-7-12(10)11/h1-2,4,7,9,11H,3,5-6,8H2,(H,17,19,20). The van der Waals surface area contributed by atoms with Crippen LogP contribution >= 0.6 is 11.6 Å². The lowest BCUT2D eigenvalue weighted by atomic mass is 9.83. The molecule has 1 unspecified atom stereocenters. The Balaban J connectivity index is 1.95. The van der Waals surface area contributed by atoms with Crippen LogP contribution in [-0.2, 0) is 13.0 Å². The number of hydrogen-bond acceptors (Lipinski definition) is 2. The third-order valence-corrected chi connectivity index (χ3v) is 4.15. The Morgan fingerprint density at radius 1 is 1.30 bits per heavy atom. The van der Waals surface area contributed by atoms with Crippen LogP contribution in [-0.4, -0.2) is 9.55 Å². The second kappa shape index (κ2) is 5.29. The van der Waals surface area contributed by atoms with E-state index in [9.17, 15) is 9.59 Å². The van der Waals surface area contributed by atoms with Gasteiger partial charge in [-0.05, 0) is 30.4 Å². The van der Waals surface area contributed by atoms with Gasteiger partial charge in [-0.2, -0.15) is 0 Å². The molecule has 0 aliphatic heterocycles. The summed E-state index contributed by atoms with van der Waals surface area (Å²) in [5, 5.41) is 0.0497. The molecule has 4 nitrogen and oxygen atoms in total. The van der Waals surface area contributed by atoms with E-state index >= 15 is 0 Å².